The summed E-state index contributed by atoms with van der Waals surface area (Å²) in [5, 5.41) is 10.1. The molecule has 3 aromatic carbocycles. The van der Waals surface area contributed by atoms with Crippen LogP contribution in [0.4, 0.5) is 11.4 Å². The summed E-state index contributed by atoms with van der Waals surface area (Å²) in [6.45, 7) is 2.54. The van der Waals surface area contributed by atoms with Crippen molar-refractivity contribution in [2.75, 3.05) is 12.4 Å². The normalized spacial score (nSPS) is 12.3. The summed E-state index contributed by atoms with van der Waals surface area (Å²) in [5.74, 6) is -1.26. The van der Waals surface area contributed by atoms with Crippen LogP contribution in [0.3, 0.4) is 0 Å². The van der Waals surface area contributed by atoms with Crippen molar-refractivity contribution < 1.29 is 99.4 Å². The summed E-state index contributed by atoms with van der Waals surface area (Å²) in [7, 11) is -8.60. The molecule has 1 aromatic heterocycles. The molecule has 0 saturated heterocycles. The number of fused-ring (bicyclic) bond motifs is 1. The van der Waals surface area contributed by atoms with Crippen molar-refractivity contribution >= 4 is 64.9 Å². The Labute approximate surface area is 295 Å². The summed E-state index contributed by atoms with van der Waals surface area (Å²) < 4.78 is 77.0. The third kappa shape index (κ3) is 8.55. The van der Waals surface area contributed by atoms with Gasteiger partial charge in [0, 0.05) is 5.56 Å². The molecule has 1 N–H and O–H groups in total. The number of ketones is 1. The topological polar surface area (TPSA) is 207 Å². The zero-order chi connectivity index (χ0) is 30.1. The maximum Gasteiger partial charge on any atom is 1.00 e. The van der Waals surface area contributed by atoms with Gasteiger partial charge in [-0.15, -0.1) is 11.3 Å². The number of Topliss-reactive ketones (excluding diaryl/α,β-unsaturated/α-hetero) is 1. The van der Waals surface area contributed by atoms with Crippen LogP contribution in [-0.4, -0.2) is 55.8 Å². The third-order valence-electron chi connectivity index (χ3n) is 5.71. The monoisotopic (exact) mass is 662 g/mol. The standard InChI is InChI=1S/C25H22N4O9S3.2Na/c1-13-8-10-18-22(23(13)41(35,36)37)39-25(27-18)15-9-11-17(20(12-15)40(32,33)34)28-29-21(14(2)30)24(31)26-16-6-4-5-7-19(16)38-3;;/h4-12,21H,1-3H3,(H,26,31)(H,32,33,34)(H,35,36,37);;/q;2*+1/p-2. The van der Waals surface area contributed by atoms with E-state index in [2.05, 4.69) is 20.5 Å². The average Bonchev–Trinajstić information content (AvgIpc) is 3.31. The zero-order valence-electron chi connectivity index (χ0n) is 23.5. The minimum absolute atomic E-state index is 0. The predicted molar refractivity (Wildman–Crippen MR) is 146 cm³/mol. The molecular weight excluding hydrogens is 642 g/mol. The van der Waals surface area contributed by atoms with E-state index >= 15 is 0 Å². The van der Waals surface area contributed by atoms with E-state index in [4.69, 9.17) is 4.74 Å². The van der Waals surface area contributed by atoms with Gasteiger partial charge in [-0.1, -0.05) is 18.2 Å². The number of rotatable bonds is 9. The van der Waals surface area contributed by atoms with Crippen molar-refractivity contribution in [3.8, 4) is 16.3 Å². The van der Waals surface area contributed by atoms with E-state index in [0.717, 1.165) is 30.4 Å². The van der Waals surface area contributed by atoms with Gasteiger partial charge in [-0.3, -0.25) is 9.59 Å². The number of aryl methyl sites for hydroxylation is 1. The molecule has 13 nitrogen and oxygen atoms in total. The van der Waals surface area contributed by atoms with Gasteiger partial charge >= 0.3 is 59.1 Å². The number of nitrogens with one attached hydrogen (secondary N) is 1. The summed E-state index contributed by atoms with van der Waals surface area (Å²) in [6, 6.07) is 11.1. The molecule has 0 radical (unpaired) electrons. The second kappa shape index (κ2) is 14.8. The van der Waals surface area contributed by atoms with E-state index in [0.29, 0.717) is 5.75 Å². The van der Waals surface area contributed by atoms with Crippen molar-refractivity contribution in [1.29, 1.82) is 0 Å². The number of hydrogen-bond acceptors (Lipinski definition) is 13. The number of carbonyl (C=O) groups excluding carboxylic acids is 2. The molecule has 0 aliphatic rings. The fourth-order valence-corrected chi connectivity index (χ4v) is 6.73. The molecule has 1 unspecified atom stereocenters. The molecule has 0 bridgehead atoms. The summed E-state index contributed by atoms with van der Waals surface area (Å²) in [6.07, 6.45) is 0. The first-order chi connectivity index (χ1) is 19.2. The number of ether oxygens (including phenoxy) is 1. The molecule has 43 heavy (non-hydrogen) atoms. The number of anilines is 1. The van der Waals surface area contributed by atoms with Crippen LogP contribution in [0.15, 0.2) is 74.6 Å². The molecule has 0 saturated carbocycles. The summed E-state index contributed by atoms with van der Waals surface area (Å²) in [5.41, 5.74) is 0.331. The number of hydrogen-bond donors (Lipinski definition) is 1. The molecule has 0 aliphatic heterocycles. The number of aromatic nitrogens is 1. The average molecular weight is 663 g/mol. The first kappa shape index (κ1) is 37.1. The molecule has 0 aliphatic carbocycles. The van der Waals surface area contributed by atoms with Crippen LogP contribution in [0, 0.1) is 6.92 Å². The van der Waals surface area contributed by atoms with Crippen LogP contribution in [0.1, 0.15) is 12.5 Å². The van der Waals surface area contributed by atoms with Crippen LogP contribution in [0.5, 0.6) is 5.75 Å². The number of carbonyl (C=O) groups is 2. The van der Waals surface area contributed by atoms with Gasteiger partial charge in [0.15, 0.2) is 5.78 Å². The fourth-order valence-electron chi connectivity index (χ4n) is 3.82. The van der Waals surface area contributed by atoms with E-state index in [-0.39, 0.29) is 91.2 Å². The van der Waals surface area contributed by atoms with Gasteiger partial charge < -0.3 is 19.2 Å². The van der Waals surface area contributed by atoms with Gasteiger partial charge in [0.2, 0.25) is 6.04 Å². The van der Waals surface area contributed by atoms with E-state index in [1.54, 1.807) is 18.2 Å². The minimum Gasteiger partial charge on any atom is -0.744 e. The van der Waals surface area contributed by atoms with Crippen LogP contribution >= 0.6 is 11.3 Å². The minimum atomic E-state index is -5.15. The van der Waals surface area contributed by atoms with E-state index in [9.17, 15) is 35.5 Å². The number of amides is 1. The van der Waals surface area contributed by atoms with E-state index < -0.39 is 53.4 Å². The quantitative estimate of drug-likeness (QED) is 0.0884. The van der Waals surface area contributed by atoms with Gasteiger partial charge in [-0.25, -0.2) is 21.8 Å². The van der Waals surface area contributed by atoms with Crippen LogP contribution in [0.25, 0.3) is 20.8 Å². The number of methoxy groups -OCH3 is 1. The van der Waals surface area contributed by atoms with Crippen LogP contribution < -0.4 is 69.2 Å². The molecule has 0 fully saturated rings. The molecule has 1 atom stereocenters. The molecular formula is C25H20N4Na2O9S3. The molecule has 4 rings (SSSR count). The number of nitrogens with zero attached hydrogens (tertiary/aromatic N) is 3. The van der Waals surface area contributed by atoms with Gasteiger partial charge in [0.1, 0.15) is 36.7 Å². The van der Waals surface area contributed by atoms with Crippen molar-refractivity contribution in [2.24, 2.45) is 10.2 Å². The fraction of sp³-hybridized carbons (Fsp3) is 0.160. The largest absolute Gasteiger partial charge is 1.00 e. The Balaban J connectivity index is 0.00000323. The van der Waals surface area contributed by atoms with Crippen LogP contribution in [-0.2, 0) is 29.8 Å². The SMILES string of the molecule is COc1ccccc1NC(=O)C(N=Nc1ccc(-c2nc3ccc(C)c(S(=O)(=O)[O-])c3s2)cc1S(=O)(=O)[O-])C(C)=O.[Na+].[Na+]. The Bertz CT molecular complexity index is 1950. The Morgan fingerprint density at radius 3 is 2.28 bits per heavy atom. The molecule has 0 spiro atoms. The van der Waals surface area contributed by atoms with Crippen molar-refractivity contribution in [3.63, 3.8) is 0 Å². The zero-order valence-corrected chi connectivity index (χ0v) is 30.0. The third-order valence-corrected chi connectivity index (χ3v) is 8.87. The molecule has 1 heterocycles. The number of para-hydroxylation sites is 2. The molecule has 214 valence electrons. The predicted octanol–water partition coefficient (Wildman–Crippen LogP) is -2.22. The molecule has 1 amide bonds. The second-order valence-electron chi connectivity index (χ2n) is 8.59. The van der Waals surface area contributed by atoms with Gasteiger partial charge in [-0.2, -0.15) is 10.2 Å². The Hall–Kier alpha value is -2.09. The maximum absolute atomic E-state index is 12.8. The number of benzene rings is 3. The molecule has 18 heteroatoms. The van der Waals surface area contributed by atoms with Crippen molar-refractivity contribution in [2.45, 2.75) is 29.7 Å². The first-order valence-corrected chi connectivity index (χ1v) is 15.2. The second-order valence-corrected chi connectivity index (χ2v) is 12.3. The van der Waals surface area contributed by atoms with E-state index in [1.165, 1.54) is 38.3 Å². The van der Waals surface area contributed by atoms with Crippen LogP contribution in [0.2, 0.25) is 0 Å². The van der Waals surface area contributed by atoms with Gasteiger partial charge in [0.05, 0.1) is 32.8 Å². The Kier molecular flexibility index (Phi) is 12.8. The number of thiazole rings is 1. The van der Waals surface area contributed by atoms with Gasteiger partial charge in [0.25, 0.3) is 5.91 Å². The first-order valence-electron chi connectivity index (χ1n) is 11.5. The Morgan fingerprint density at radius 1 is 1.00 bits per heavy atom. The Morgan fingerprint density at radius 2 is 1.67 bits per heavy atom. The maximum atomic E-state index is 12.8. The summed E-state index contributed by atoms with van der Waals surface area (Å²) in [4.78, 5) is 28.0. The van der Waals surface area contributed by atoms with Crippen molar-refractivity contribution in [1.82, 2.24) is 4.98 Å². The smallest absolute Gasteiger partial charge is 0.744 e. The van der Waals surface area contributed by atoms with Gasteiger partial charge in [-0.05, 0) is 55.8 Å². The number of azo groups is 1. The molecule has 4 aromatic rings. The van der Waals surface area contributed by atoms with E-state index in [1.807, 2.05) is 0 Å². The summed E-state index contributed by atoms with van der Waals surface area (Å²) >= 11 is 0.824. The van der Waals surface area contributed by atoms with Crippen molar-refractivity contribution in [3.05, 3.63) is 60.2 Å².